The molecule has 2 rings (SSSR count). The first-order valence-corrected chi connectivity index (χ1v) is 10.1. The summed E-state index contributed by atoms with van der Waals surface area (Å²) in [5.74, 6) is 0.931. The van der Waals surface area contributed by atoms with E-state index in [0.717, 1.165) is 31.3 Å². The SMILES string of the molecule is C=C(C)[C@@H]1CCC(C)=C[C@H]1C1(C)C(O)=CC(CCCCC)=CC1OCN. The Hall–Kier alpha value is -1.32. The Labute approximate surface area is 159 Å². The molecule has 0 bridgehead atoms. The molecule has 146 valence electrons. The lowest BCUT2D eigenvalue weighted by Gasteiger charge is -2.47. The van der Waals surface area contributed by atoms with Gasteiger partial charge in [0, 0.05) is 0 Å². The van der Waals surface area contributed by atoms with Crippen LogP contribution in [0.3, 0.4) is 0 Å². The maximum absolute atomic E-state index is 11.1. The first-order chi connectivity index (χ1) is 12.3. The van der Waals surface area contributed by atoms with Crippen LogP contribution in [0.4, 0.5) is 0 Å². The third-order valence-electron chi connectivity index (χ3n) is 6.25. The molecule has 0 aromatic carbocycles. The van der Waals surface area contributed by atoms with E-state index in [9.17, 15) is 5.11 Å². The van der Waals surface area contributed by atoms with Crippen molar-refractivity contribution in [2.24, 2.45) is 23.0 Å². The molecular weight excluding hydrogens is 322 g/mol. The Morgan fingerprint density at radius 2 is 2.12 bits per heavy atom. The summed E-state index contributed by atoms with van der Waals surface area (Å²) in [6.07, 6.45) is 12.9. The van der Waals surface area contributed by atoms with Crippen LogP contribution in [0.15, 0.2) is 47.3 Å². The number of nitrogens with two attached hydrogens (primary N) is 1. The average Bonchev–Trinajstić information content (AvgIpc) is 2.59. The van der Waals surface area contributed by atoms with Gasteiger partial charge in [0.1, 0.15) is 5.76 Å². The molecule has 0 aromatic rings. The van der Waals surface area contributed by atoms with Crippen molar-refractivity contribution >= 4 is 0 Å². The van der Waals surface area contributed by atoms with Gasteiger partial charge in [0.15, 0.2) is 0 Å². The third-order valence-corrected chi connectivity index (χ3v) is 6.25. The van der Waals surface area contributed by atoms with Gasteiger partial charge in [0.25, 0.3) is 0 Å². The minimum atomic E-state index is -0.515. The van der Waals surface area contributed by atoms with E-state index >= 15 is 0 Å². The number of ether oxygens (including phenoxy) is 1. The molecule has 0 fully saturated rings. The second kappa shape index (κ2) is 9.05. The van der Waals surface area contributed by atoms with Crippen molar-refractivity contribution < 1.29 is 9.84 Å². The molecule has 26 heavy (non-hydrogen) atoms. The molecule has 3 nitrogen and oxygen atoms in total. The van der Waals surface area contributed by atoms with Crippen molar-refractivity contribution in [3.8, 4) is 0 Å². The van der Waals surface area contributed by atoms with Gasteiger partial charge in [-0.3, -0.25) is 0 Å². The molecule has 2 aliphatic carbocycles. The Morgan fingerprint density at radius 1 is 1.38 bits per heavy atom. The van der Waals surface area contributed by atoms with Gasteiger partial charge < -0.3 is 15.6 Å². The lowest BCUT2D eigenvalue weighted by molar-refractivity contribution is -0.0345. The summed E-state index contributed by atoms with van der Waals surface area (Å²) in [5, 5.41) is 11.1. The van der Waals surface area contributed by atoms with Crippen molar-refractivity contribution in [2.45, 2.75) is 72.3 Å². The molecule has 0 radical (unpaired) electrons. The summed E-state index contributed by atoms with van der Waals surface area (Å²) in [6.45, 7) is 13.0. The van der Waals surface area contributed by atoms with Crippen molar-refractivity contribution in [1.29, 1.82) is 0 Å². The zero-order chi connectivity index (χ0) is 19.3. The molecule has 0 aromatic heterocycles. The van der Waals surface area contributed by atoms with Crippen LogP contribution in [0.5, 0.6) is 0 Å². The van der Waals surface area contributed by atoms with Gasteiger partial charge in [-0.15, -0.1) is 0 Å². The van der Waals surface area contributed by atoms with Gasteiger partial charge in [-0.25, -0.2) is 0 Å². The number of aliphatic hydroxyl groups is 1. The van der Waals surface area contributed by atoms with Crippen molar-refractivity contribution in [3.05, 3.63) is 47.3 Å². The maximum Gasteiger partial charge on any atom is 0.102 e. The lowest BCUT2D eigenvalue weighted by atomic mass is 9.59. The van der Waals surface area contributed by atoms with Crippen LogP contribution in [0.1, 0.15) is 66.2 Å². The molecular formula is C23H37NO2. The van der Waals surface area contributed by atoms with Crippen LogP contribution in [0.25, 0.3) is 0 Å². The summed E-state index contributed by atoms with van der Waals surface area (Å²) >= 11 is 0. The quantitative estimate of drug-likeness (QED) is 0.327. The minimum absolute atomic E-state index is 0.152. The number of rotatable bonds is 8. The molecule has 0 spiro atoms. The standard InChI is InChI=1S/C23H37NO2/c1-6-7-8-9-18-13-21(25)23(5,22(14-18)26-15-24)20-12-17(4)10-11-19(20)16(2)3/h12-14,19-20,22,25H,2,6-11,15,24H2,1,3-5H3/t19-,20+,22?,23?/m0/s1. The number of hydrogen-bond acceptors (Lipinski definition) is 3. The summed E-state index contributed by atoms with van der Waals surface area (Å²) in [6, 6.07) is 0. The Kier molecular flexibility index (Phi) is 7.31. The monoisotopic (exact) mass is 359 g/mol. The van der Waals surface area contributed by atoms with Crippen LogP contribution >= 0.6 is 0 Å². The van der Waals surface area contributed by atoms with E-state index in [2.05, 4.69) is 46.4 Å². The van der Waals surface area contributed by atoms with Gasteiger partial charge in [-0.1, -0.05) is 49.6 Å². The Balaban J connectivity index is 2.39. The van der Waals surface area contributed by atoms with Gasteiger partial charge in [-0.05, 0) is 69.9 Å². The van der Waals surface area contributed by atoms with Gasteiger partial charge in [0.2, 0.25) is 0 Å². The molecule has 0 heterocycles. The number of aliphatic hydroxyl groups excluding tert-OH is 1. The highest BCUT2D eigenvalue weighted by Crippen LogP contribution is 2.51. The molecule has 0 aliphatic heterocycles. The van der Waals surface area contributed by atoms with E-state index in [0.29, 0.717) is 11.7 Å². The largest absolute Gasteiger partial charge is 0.512 e. The molecule has 0 saturated heterocycles. The Morgan fingerprint density at radius 3 is 2.73 bits per heavy atom. The van der Waals surface area contributed by atoms with E-state index in [1.54, 1.807) is 0 Å². The first-order valence-electron chi connectivity index (χ1n) is 10.1. The zero-order valence-corrected chi connectivity index (χ0v) is 17.1. The highest BCUT2D eigenvalue weighted by molar-refractivity contribution is 5.36. The summed E-state index contributed by atoms with van der Waals surface area (Å²) in [7, 11) is 0. The summed E-state index contributed by atoms with van der Waals surface area (Å²) in [5.41, 5.74) is 8.96. The fourth-order valence-electron chi connectivity index (χ4n) is 4.53. The fourth-order valence-corrected chi connectivity index (χ4v) is 4.53. The topological polar surface area (TPSA) is 55.5 Å². The van der Waals surface area contributed by atoms with E-state index < -0.39 is 5.41 Å². The van der Waals surface area contributed by atoms with Crippen molar-refractivity contribution in [2.75, 3.05) is 6.73 Å². The summed E-state index contributed by atoms with van der Waals surface area (Å²) in [4.78, 5) is 0. The number of allylic oxidation sites excluding steroid dienone is 5. The van der Waals surface area contributed by atoms with Crippen LogP contribution in [0.2, 0.25) is 0 Å². The van der Waals surface area contributed by atoms with E-state index in [1.165, 1.54) is 24.0 Å². The number of unbranched alkanes of at least 4 members (excludes halogenated alkanes) is 2. The molecule has 0 saturated carbocycles. The van der Waals surface area contributed by atoms with E-state index in [1.807, 2.05) is 6.08 Å². The molecule has 4 atom stereocenters. The predicted molar refractivity (Wildman–Crippen MR) is 110 cm³/mol. The van der Waals surface area contributed by atoms with Gasteiger partial charge in [-0.2, -0.15) is 0 Å². The molecule has 0 amide bonds. The van der Waals surface area contributed by atoms with E-state index in [4.69, 9.17) is 10.5 Å². The van der Waals surface area contributed by atoms with Crippen LogP contribution in [0, 0.1) is 17.3 Å². The average molecular weight is 360 g/mol. The molecule has 3 N–H and O–H groups in total. The highest BCUT2D eigenvalue weighted by Gasteiger charge is 2.49. The fraction of sp³-hybridized carbons (Fsp3) is 0.652. The van der Waals surface area contributed by atoms with Crippen LogP contribution in [-0.4, -0.2) is 17.9 Å². The van der Waals surface area contributed by atoms with Gasteiger partial charge in [0.05, 0.1) is 18.2 Å². The Bertz CT molecular complexity index is 601. The van der Waals surface area contributed by atoms with Crippen LogP contribution in [-0.2, 0) is 4.74 Å². The minimum Gasteiger partial charge on any atom is -0.512 e. The predicted octanol–water partition coefficient (Wildman–Crippen LogP) is 5.80. The molecule has 2 unspecified atom stereocenters. The van der Waals surface area contributed by atoms with Crippen molar-refractivity contribution in [3.63, 3.8) is 0 Å². The van der Waals surface area contributed by atoms with Crippen molar-refractivity contribution in [1.82, 2.24) is 0 Å². The maximum atomic E-state index is 11.1. The second-order valence-electron chi connectivity index (χ2n) is 8.30. The first kappa shape index (κ1) is 21.0. The highest BCUT2D eigenvalue weighted by atomic mass is 16.5. The zero-order valence-electron chi connectivity index (χ0n) is 17.1. The molecule has 2 aliphatic rings. The van der Waals surface area contributed by atoms with Gasteiger partial charge >= 0.3 is 0 Å². The lowest BCUT2D eigenvalue weighted by Crippen LogP contribution is -2.47. The number of hydrogen-bond donors (Lipinski definition) is 2. The third kappa shape index (κ3) is 4.32. The van der Waals surface area contributed by atoms with Crippen LogP contribution < -0.4 is 5.73 Å². The normalized spacial score (nSPS) is 31.9. The van der Waals surface area contributed by atoms with E-state index in [-0.39, 0.29) is 18.8 Å². The second-order valence-corrected chi connectivity index (χ2v) is 8.30. The smallest absolute Gasteiger partial charge is 0.102 e. The summed E-state index contributed by atoms with van der Waals surface area (Å²) < 4.78 is 5.96. The molecule has 3 heteroatoms.